The van der Waals surface area contributed by atoms with E-state index in [0.29, 0.717) is 16.1 Å². The highest BCUT2D eigenvalue weighted by Crippen LogP contribution is 2.51. The van der Waals surface area contributed by atoms with Gasteiger partial charge >= 0.3 is 6.18 Å². The predicted octanol–water partition coefficient (Wildman–Crippen LogP) is 4.77. The molecule has 4 rings (SSSR count). The number of ether oxygens (including phenoxy) is 1. The summed E-state index contributed by atoms with van der Waals surface area (Å²) in [6, 6.07) is 15.4. The SMILES string of the molecule is Cn1nc(-c2ccccc2)c2c1NC=CC2(OCC(=O)NCc1ccccc1Cl)C(F)(F)F. The standard InChI is InChI=1S/C23H20ClF3N4O2/c1-31-21-19(20(30-31)15-7-3-2-4-8-15)22(11-12-28-21,23(25,26)27)33-14-18(32)29-13-16-9-5-6-10-17(16)24/h2-12,28H,13-14H2,1H3,(H,29,32). The predicted molar refractivity (Wildman–Crippen MR) is 118 cm³/mol. The first-order chi connectivity index (χ1) is 15.7. The average molecular weight is 477 g/mol. The largest absolute Gasteiger partial charge is 0.425 e. The monoisotopic (exact) mass is 476 g/mol. The van der Waals surface area contributed by atoms with Gasteiger partial charge in [0, 0.05) is 30.4 Å². The van der Waals surface area contributed by atoms with Gasteiger partial charge in [-0.3, -0.25) is 9.48 Å². The van der Waals surface area contributed by atoms with E-state index in [1.165, 1.54) is 11.7 Å². The van der Waals surface area contributed by atoms with Crippen molar-refractivity contribution in [1.29, 1.82) is 0 Å². The summed E-state index contributed by atoms with van der Waals surface area (Å²) in [6.45, 7) is -0.761. The number of alkyl halides is 3. The fourth-order valence-electron chi connectivity index (χ4n) is 3.67. The molecule has 1 amide bonds. The van der Waals surface area contributed by atoms with Crippen LogP contribution >= 0.6 is 11.6 Å². The number of carbonyl (C=O) groups is 1. The highest BCUT2D eigenvalue weighted by Gasteiger charge is 2.60. The quantitative estimate of drug-likeness (QED) is 0.538. The number of hydrogen-bond donors (Lipinski definition) is 2. The average Bonchev–Trinajstić information content (AvgIpc) is 3.14. The molecular weight excluding hydrogens is 457 g/mol. The molecule has 1 aliphatic rings. The summed E-state index contributed by atoms with van der Waals surface area (Å²) in [4.78, 5) is 12.4. The van der Waals surface area contributed by atoms with Gasteiger partial charge in [0.2, 0.25) is 11.5 Å². The molecule has 2 N–H and O–H groups in total. The third-order valence-electron chi connectivity index (χ3n) is 5.29. The van der Waals surface area contributed by atoms with Crippen molar-refractivity contribution in [2.45, 2.75) is 18.3 Å². The van der Waals surface area contributed by atoms with E-state index in [-0.39, 0.29) is 23.6 Å². The van der Waals surface area contributed by atoms with E-state index in [1.54, 1.807) is 54.6 Å². The molecule has 10 heteroatoms. The Labute approximate surface area is 193 Å². The molecule has 0 saturated carbocycles. The molecule has 1 atom stereocenters. The number of aryl methyl sites for hydroxylation is 1. The van der Waals surface area contributed by atoms with Gasteiger partial charge in [0.15, 0.2) is 0 Å². The van der Waals surface area contributed by atoms with E-state index in [0.717, 1.165) is 12.3 Å². The number of aromatic nitrogens is 2. The van der Waals surface area contributed by atoms with Gasteiger partial charge in [0.25, 0.3) is 0 Å². The maximum absolute atomic E-state index is 14.5. The fourth-order valence-corrected chi connectivity index (χ4v) is 3.87. The van der Waals surface area contributed by atoms with Crippen LogP contribution in [0, 0.1) is 0 Å². The number of fused-ring (bicyclic) bond motifs is 1. The Bertz CT molecular complexity index is 1190. The molecule has 0 bridgehead atoms. The van der Waals surface area contributed by atoms with Gasteiger partial charge in [-0.25, -0.2) is 0 Å². The lowest BCUT2D eigenvalue weighted by Crippen LogP contribution is -2.47. The van der Waals surface area contributed by atoms with Gasteiger partial charge in [0.1, 0.15) is 18.1 Å². The molecule has 0 spiro atoms. The van der Waals surface area contributed by atoms with Gasteiger partial charge in [-0.2, -0.15) is 18.3 Å². The van der Waals surface area contributed by atoms with Crippen LogP contribution in [0.25, 0.3) is 11.3 Å². The minimum absolute atomic E-state index is 0.0612. The van der Waals surface area contributed by atoms with Crippen LogP contribution in [0.5, 0.6) is 0 Å². The fraction of sp³-hybridized carbons (Fsp3) is 0.217. The third kappa shape index (κ3) is 4.34. The molecule has 2 heterocycles. The first kappa shape index (κ1) is 22.9. The molecule has 6 nitrogen and oxygen atoms in total. The third-order valence-corrected chi connectivity index (χ3v) is 5.66. The molecular formula is C23H20ClF3N4O2. The number of rotatable bonds is 6. The van der Waals surface area contributed by atoms with E-state index in [1.807, 2.05) is 0 Å². The van der Waals surface area contributed by atoms with Crippen molar-refractivity contribution < 1.29 is 22.7 Å². The van der Waals surface area contributed by atoms with Crippen LogP contribution in [-0.4, -0.2) is 28.5 Å². The molecule has 0 aliphatic carbocycles. The molecule has 33 heavy (non-hydrogen) atoms. The summed E-state index contributed by atoms with van der Waals surface area (Å²) in [5, 5.41) is 10.1. The van der Waals surface area contributed by atoms with Crippen molar-refractivity contribution in [3.05, 3.63) is 83.0 Å². The molecule has 0 radical (unpaired) electrons. The zero-order valence-corrected chi connectivity index (χ0v) is 18.2. The van der Waals surface area contributed by atoms with Gasteiger partial charge in [-0.15, -0.1) is 0 Å². The maximum Gasteiger partial charge on any atom is 0.425 e. The van der Waals surface area contributed by atoms with E-state index in [2.05, 4.69) is 15.7 Å². The smallest absolute Gasteiger partial charge is 0.350 e. The normalized spacial score (nSPS) is 17.4. The second kappa shape index (κ2) is 8.92. The highest BCUT2D eigenvalue weighted by molar-refractivity contribution is 6.31. The van der Waals surface area contributed by atoms with Crippen LogP contribution in [0.4, 0.5) is 19.0 Å². The maximum atomic E-state index is 14.5. The van der Waals surface area contributed by atoms with Crippen molar-refractivity contribution in [1.82, 2.24) is 15.1 Å². The lowest BCUT2D eigenvalue weighted by Gasteiger charge is -2.35. The Morgan fingerprint density at radius 3 is 2.58 bits per heavy atom. The van der Waals surface area contributed by atoms with E-state index in [4.69, 9.17) is 16.3 Å². The second-order valence-electron chi connectivity index (χ2n) is 7.43. The van der Waals surface area contributed by atoms with E-state index < -0.39 is 24.3 Å². The Kier molecular flexibility index (Phi) is 6.18. The number of hydrogen-bond acceptors (Lipinski definition) is 4. The highest BCUT2D eigenvalue weighted by atomic mass is 35.5. The summed E-state index contributed by atoms with van der Waals surface area (Å²) in [7, 11) is 1.54. The molecule has 1 unspecified atom stereocenters. The van der Waals surface area contributed by atoms with Crippen LogP contribution in [-0.2, 0) is 28.7 Å². The van der Waals surface area contributed by atoms with Crippen molar-refractivity contribution in [3.63, 3.8) is 0 Å². The van der Waals surface area contributed by atoms with Crippen LogP contribution in [0.3, 0.4) is 0 Å². The zero-order valence-electron chi connectivity index (χ0n) is 17.5. The number of nitrogens with one attached hydrogen (secondary N) is 2. The lowest BCUT2D eigenvalue weighted by molar-refractivity contribution is -0.262. The number of amides is 1. The summed E-state index contributed by atoms with van der Waals surface area (Å²) in [5.41, 5.74) is -1.83. The summed E-state index contributed by atoms with van der Waals surface area (Å²) < 4.78 is 50.3. The molecule has 172 valence electrons. The van der Waals surface area contributed by atoms with Crippen molar-refractivity contribution in [2.75, 3.05) is 11.9 Å². The van der Waals surface area contributed by atoms with Crippen LogP contribution in [0.1, 0.15) is 11.1 Å². The molecule has 1 aromatic heterocycles. The van der Waals surface area contributed by atoms with E-state index in [9.17, 15) is 18.0 Å². The second-order valence-corrected chi connectivity index (χ2v) is 7.84. The van der Waals surface area contributed by atoms with Gasteiger partial charge in [0.05, 0.1) is 5.56 Å². The molecule has 2 aromatic carbocycles. The number of carbonyl (C=O) groups excluding carboxylic acids is 1. The molecule has 3 aromatic rings. The zero-order chi connectivity index (χ0) is 23.6. The molecule has 0 fully saturated rings. The molecule has 1 aliphatic heterocycles. The first-order valence-corrected chi connectivity index (χ1v) is 10.4. The van der Waals surface area contributed by atoms with Crippen LogP contribution in [0.2, 0.25) is 5.02 Å². The first-order valence-electron chi connectivity index (χ1n) is 10.0. The minimum atomic E-state index is -4.87. The lowest BCUT2D eigenvalue weighted by atomic mass is 9.88. The summed E-state index contributed by atoms with van der Waals surface area (Å²) in [6.07, 6.45) is -2.85. The summed E-state index contributed by atoms with van der Waals surface area (Å²) >= 11 is 6.07. The Hall–Kier alpha value is -3.30. The van der Waals surface area contributed by atoms with Crippen molar-refractivity contribution >= 4 is 23.3 Å². The molecule has 0 saturated heterocycles. The Balaban J connectivity index is 1.64. The van der Waals surface area contributed by atoms with Crippen LogP contribution in [0.15, 0.2) is 66.9 Å². The topological polar surface area (TPSA) is 68.2 Å². The van der Waals surface area contributed by atoms with Crippen LogP contribution < -0.4 is 10.6 Å². The number of anilines is 1. The van der Waals surface area contributed by atoms with E-state index >= 15 is 0 Å². The number of benzene rings is 2. The van der Waals surface area contributed by atoms with Crippen molar-refractivity contribution in [2.24, 2.45) is 7.05 Å². The van der Waals surface area contributed by atoms with Gasteiger partial charge in [-0.05, 0) is 17.7 Å². The Morgan fingerprint density at radius 1 is 1.18 bits per heavy atom. The summed E-state index contributed by atoms with van der Waals surface area (Å²) in [5.74, 6) is -0.581. The minimum Gasteiger partial charge on any atom is -0.350 e. The van der Waals surface area contributed by atoms with Gasteiger partial charge in [-0.1, -0.05) is 60.1 Å². The Morgan fingerprint density at radius 2 is 1.88 bits per heavy atom. The van der Waals surface area contributed by atoms with Gasteiger partial charge < -0.3 is 15.4 Å². The number of nitrogens with zero attached hydrogens (tertiary/aromatic N) is 2. The van der Waals surface area contributed by atoms with Crippen molar-refractivity contribution in [3.8, 4) is 11.3 Å². The number of halogens is 4.